The second kappa shape index (κ2) is 11.6. The first-order valence-corrected chi connectivity index (χ1v) is 15.8. The maximum Gasteiger partial charge on any atom is 0.353 e. The minimum Gasteiger partial charge on any atom is -0.477 e. The normalized spacial score (nSPS) is 31.2. The van der Waals surface area contributed by atoms with Crippen molar-refractivity contribution in [3.05, 3.63) is 16.9 Å². The van der Waals surface area contributed by atoms with Gasteiger partial charge in [0.2, 0.25) is 17.7 Å². The quantitative estimate of drug-likeness (QED) is 0.284. The van der Waals surface area contributed by atoms with Crippen LogP contribution in [0, 0.1) is 11.8 Å². The molecule has 6 heterocycles. The van der Waals surface area contributed by atoms with Gasteiger partial charge in [-0.1, -0.05) is 6.92 Å². The highest BCUT2D eigenvalue weighted by Gasteiger charge is 2.60. The lowest BCUT2D eigenvalue weighted by Crippen LogP contribution is -2.66. The van der Waals surface area contributed by atoms with Gasteiger partial charge in [-0.05, 0) is 69.0 Å². The Morgan fingerprint density at radius 3 is 2.74 bits per heavy atom. The Kier molecular flexibility index (Phi) is 8.00. The molecule has 14 nitrogen and oxygen atoms in total. The first-order valence-electron chi connectivity index (χ1n) is 14.9. The molecular formula is C27H39N9O5S. The van der Waals surface area contributed by atoms with E-state index in [2.05, 4.69) is 36.4 Å². The molecule has 0 saturated carbocycles. The van der Waals surface area contributed by atoms with Crippen molar-refractivity contribution in [2.45, 2.75) is 87.8 Å². The SMILES string of the molecule is C[C@@H](NC(=O)Cn1cnnn1)[C@H]1C(=O)N2C(C(=O)O)=C(S[C@@H]3CNC(C(=O)N4CCCCC45CCNCC5)C3)[C@H](C)[C@H]12. The van der Waals surface area contributed by atoms with Gasteiger partial charge in [0.25, 0.3) is 0 Å². The molecule has 4 saturated heterocycles. The number of aliphatic carboxylic acids is 1. The van der Waals surface area contributed by atoms with Crippen LogP contribution < -0.4 is 16.0 Å². The molecule has 5 aliphatic heterocycles. The number of carboxylic acids is 1. The summed E-state index contributed by atoms with van der Waals surface area (Å²) in [4.78, 5) is 56.2. The monoisotopic (exact) mass is 601 g/mol. The van der Waals surface area contributed by atoms with Gasteiger partial charge in [0, 0.05) is 40.7 Å². The number of nitrogens with zero attached hydrogens (tertiary/aromatic N) is 6. The average Bonchev–Trinajstić information content (AvgIpc) is 3.69. The fourth-order valence-corrected chi connectivity index (χ4v) is 9.17. The zero-order chi connectivity index (χ0) is 29.6. The number of likely N-dealkylation sites (tertiary alicyclic amines) is 1. The number of carbonyl (C=O) groups excluding carboxylic acids is 3. The number of thioether (sulfide) groups is 1. The Bertz CT molecular complexity index is 1260. The smallest absolute Gasteiger partial charge is 0.353 e. The first kappa shape index (κ1) is 29.1. The second-order valence-corrected chi connectivity index (χ2v) is 13.6. The standard InChI is InChI=1S/C27H39N9O5S/c1-15-21-20(16(2)31-19(37)13-34-14-30-32-33-34)25(39)36(21)22(26(40)41)23(15)42-17-11-18(29-12-17)24(38)35-10-4-3-5-27(35)6-8-28-9-7-27/h14-18,20-21,28-29H,3-13H2,1-2H3,(H,31,37)(H,40,41)/t15-,16-,17+,18?,20-,21-/m1/s1. The number of tetrazole rings is 1. The fraction of sp³-hybridized carbons (Fsp3) is 0.741. The van der Waals surface area contributed by atoms with E-state index in [4.69, 9.17) is 0 Å². The van der Waals surface area contributed by atoms with Crippen LogP contribution in [0.5, 0.6) is 0 Å². The van der Waals surface area contributed by atoms with Crippen LogP contribution >= 0.6 is 11.8 Å². The Labute approximate surface area is 248 Å². The van der Waals surface area contributed by atoms with E-state index in [0.29, 0.717) is 17.9 Å². The van der Waals surface area contributed by atoms with E-state index in [-0.39, 0.29) is 58.8 Å². The Morgan fingerprint density at radius 1 is 1.24 bits per heavy atom. The van der Waals surface area contributed by atoms with Crippen LogP contribution in [0.2, 0.25) is 0 Å². The predicted octanol–water partition coefficient (Wildman–Crippen LogP) is -0.451. The molecule has 6 rings (SSSR count). The average molecular weight is 602 g/mol. The van der Waals surface area contributed by atoms with Crippen LogP contribution in [-0.2, 0) is 25.7 Å². The number of nitrogens with one attached hydrogen (secondary N) is 3. The van der Waals surface area contributed by atoms with E-state index in [1.54, 1.807) is 6.92 Å². The van der Waals surface area contributed by atoms with Gasteiger partial charge in [0.05, 0.1) is 18.0 Å². The molecule has 6 atom stereocenters. The summed E-state index contributed by atoms with van der Waals surface area (Å²) in [5.41, 5.74) is -0.0162. The van der Waals surface area contributed by atoms with Crippen LogP contribution in [0.3, 0.4) is 0 Å². The minimum absolute atomic E-state index is 0.0141. The molecule has 1 aromatic heterocycles. The third-order valence-electron chi connectivity index (χ3n) is 9.74. The summed E-state index contributed by atoms with van der Waals surface area (Å²) in [5.74, 6) is -2.35. The van der Waals surface area contributed by atoms with Crippen LogP contribution in [0.4, 0.5) is 0 Å². The van der Waals surface area contributed by atoms with Gasteiger partial charge in [0.1, 0.15) is 18.6 Å². The van der Waals surface area contributed by atoms with Crippen LogP contribution in [0.15, 0.2) is 16.9 Å². The van der Waals surface area contributed by atoms with Gasteiger partial charge in [-0.3, -0.25) is 14.4 Å². The molecule has 0 aliphatic carbocycles. The summed E-state index contributed by atoms with van der Waals surface area (Å²) in [7, 11) is 0. The fourth-order valence-electron chi connectivity index (χ4n) is 7.69. The molecule has 1 spiro atoms. The molecular weight excluding hydrogens is 562 g/mol. The second-order valence-electron chi connectivity index (χ2n) is 12.3. The highest BCUT2D eigenvalue weighted by atomic mass is 32.2. The number of fused-ring (bicyclic) bond motifs is 1. The van der Waals surface area contributed by atoms with Crippen molar-refractivity contribution in [3.8, 4) is 0 Å². The van der Waals surface area contributed by atoms with Gasteiger partial charge < -0.3 is 30.9 Å². The Balaban J connectivity index is 1.11. The van der Waals surface area contributed by atoms with Crippen molar-refractivity contribution in [1.82, 2.24) is 46.0 Å². The van der Waals surface area contributed by atoms with Gasteiger partial charge in [0.15, 0.2) is 0 Å². The number of carboxylic acid groups (broad SMARTS) is 1. The lowest BCUT2D eigenvalue weighted by atomic mass is 9.78. The maximum atomic E-state index is 13.8. The zero-order valence-corrected chi connectivity index (χ0v) is 24.8. The molecule has 5 aliphatic rings. The van der Waals surface area contributed by atoms with E-state index in [9.17, 15) is 24.3 Å². The third kappa shape index (κ3) is 5.08. The summed E-state index contributed by atoms with van der Waals surface area (Å²) in [5, 5.41) is 30.6. The van der Waals surface area contributed by atoms with Gasteiger partial charge in [-0.25, -0.2) is 9.48 Å². The Hall–Kier alpha value is -3.04. The molecule has 4 N–H and O–H groups in total. The highest BCUT2D eigenvalue weighted by molar-refractivity contribution is 8.03. The number of amides is 3. The number of carbonyl (C=O) groups is 4. The number of β-lactam (4-membered cyclic amide) rings is 1. The number of rotatable bonds is 8. The van der Waals surface area contributed by atoms with Crippen molar-refractivity contribution in [3.63, 3.8) is 0 Å². The molecule has 0 aromatic carbocycles. The van der Waals surface area contributed by atoms with Crippen molar-refractivity contribution >= 4 is 35.5 Å². The van der Waals surface area contributed by atoms with Crippen LogP contribution in [-0.4, -0.2) is 114 Å². The first-order chi connectivity index (χ1) is 20.2. The molecule has 3 amide bonds. The molecule has 0 radical (unpaired) electrons. The summed E-state index contributed by atoms with van der Waals surface area (Å²) < 4.78 is 1.29. The van der Waals surface area contributed by atoms with Crippen LogP contribution in [0.1, 0.15) is 52.4 Å². The number of piperidine rings is 2. The molecule has 4 fully saturated rings. The summed E-state index contributed by atoms with van der Waals surface area (Å²) in [6.45, 7) is 6.90. The largest absolute Gasteiger partial charge is 0.477 e. The maximum absolute atomic E-state index is 13.8. The number of aromatic nitrogens is 4. The van der Waals surface area contributed by atoms with E-state index in [1.807, 2.05) is 6.92 Å². The van der Waals surface area contributed by atoms with Crippen molar-refractivity contribution in [2.75, 3.05) is 26.2 Å². The topological polar surface area (TPSA) is 175 Å². The summed E-state index contributed by atoms with van der Waals surface area (Å²) >= 11 is 1.48. The molecule has 1 aromatic rings. The van der Waals surface area contributed by atoms with Gasteiger partial charge >= 0.3 is 5.97 Å². The van der Waals surface area contributed by atoms with Gasteiger partial charge in [-0.15, -0.1) is 16.9 Å². The molecule has 0 bridgehead atoms. The minimum atomic E-state index is -1.13. The summed E-state index contributed by atoms with van der Waals surface area (Å²) in [6, 6.07) is -1.14. The third-order valence-corrected chi connectivity index (χ3v) is 11.3. The number of hydrogen-bond donors (Lipinski definition) is 4. The van der Waals surface area contributed by atoms with Crippen molar-refractivity contribution in [2.24, 2.45) is 11.8 Å². The molecule has 15 heteroatoms. The molecule has 42 heavy (non-hydrogen) atoms. The predicted molar refractivity (Wildman–Crippen MR) is 152 cm³/mol. The zero-order valence-electron chi connectivity index (χ0n) is 24.0. The lowest BCUT2D eigenvalue weighted by Gasteiger charge is -2.50. The van der Waals surface area contributed by atoms with Crippen molar-refractivity contribution in [1.29, 1.82) is 0 Å². The van der Waals surface area contributed by atoms with Crippen molar-refractivity contribution < 1.29 is 24.3 Å². The van der Waals surface area contributed by atoms with Gasteiger partial charge in [-0.2, -0.15) is 0 Å². The van der Waals surface area contributed by atoms with E-state index < -0.39 is 17.9 Å². The highest BCUT2D eigenvalue weighted by Crippen LogP contribution is 2.52. The number of hydrogen-bond acceptors (Lipinski definition) is 10. The van der Waals surface area contributed by atoms with E-state index in [1.165, 1.54) is 27.7 Å². The lowest BCUT2D eigenvalue weighted by molar-refractivity contribution is -0.158. The summed E-state index contributed by atoms with van der Waals surface area (Å²) in [6.07, 6.45) is 7.16. The van der Waals surface area contributed by atoms with Crippen LogP contribution in [0.25, 0.3) is 0 Å². The Morgan fingerprint density at radius 2 is 2.02 bits per heavy atom. The van der Waals surface area contributed by atoms with E-state index >= 15 is 0 Å². The molecule has 1 unspecified atom stereocenters. The molecule has 228 valence electrons. The van der Waals surface area contributed by atoms with E-state index in [0.717, 1.165) is 51.7 Å².